The number of hydrogen-bond acceptors (Lipinski definition) is 3. The van der Waals surface area contributed by atoms with E-state index >= 15 is 0 Å². The lowest BCUT2D eigenvalue weighted by Gasteiger charge is -2.26. The number of nitrogens with two attached hydrogens (primary N) is 1. The summed E-state index contributed by atoms with van der Waals surface area (Å²) in [5.74, 6) is 1.95. The predicted molar refractivity (Wildman–Crippen MR) is 87.7 cm³/mol. The van der Waals surface area contributed by atoms with Gasteiger partial charge in [0.1, 0.15) is 5.75 Å². The van der Waals surface area contributed by atoms with E-state index in [2.05, 4.69) is 48.8 Å². The van der Waals surface area contributed by atoms with Crippen LogP contribution in [-0.2, 0) is 17.6 Å². The Kier molecular flexibility index (Phi) is 4.30. The first-order chi connectivity index (χ1) is 9.97. The zero-order valence-electron chi connectivity index (χ0n) is 12.9. The Morgan fingerprint density at radius 1 is 1.29 bits per heavy atom. The first kappa shape index (κ1) is 15.3. The van der Waals surface area contributed by atoms with Crippen LogP contribution >= 0.6 is 15.9 Å². The van der Waals surface area contributed by atoms with Crippen molar-refractivity contribution in [1.29, 1.82) is 0 Å². The molecule has 21 heavy (non-hydrogen) atoms. The average molecular weight is 354 g/mol. The smallest absolute Gasteiger partial charge is 0.125 e. The van der Waals surface area contributed by atoms with Crippen LogP contribution in [0.1, 0.15) is 31.9 Å². The molecule has 116 valence electrons. The van der Waals surface area contributed by atoms with Crippen LogP contribution in [0.2, 0.25) is 0 Å². The Hall–Kier alpha value is -0.580. The van der Waals surface area contributed by atoms with E-state index in [1.165, 1.54) is 11.1 Å². The van der Waals surface area contributed by atoms with Crippen LogP contribution in [0.5, 0.6) is 5.75 Å². The zero-order valence-corrected chi connectivity index (χ0v) is 14.5. The first-order valence-electron chi connectivity index (χ1n) is 7.82. The highest BCUT2D eigenvalue weighted by atomic mass is 79.9. The molecule has 2 aliphatic rings. The molecule has 1 fully saturated rings. The fourth-order valence-electron chi connectivity index (χ4n) is 3.92. The summed E-state index contributed by atoms with van der Waals surface area (Å²) in [5.41, 5.74) is 9.07. The molecule has 1 saturated heterocycles. The lowest BCUT2D eigenvalue weighted by Crippen LogP contribution is -2.39. The largest absolute Gasteiger partial charge is 0.493 e. The number of ether oxygens (including phenoxy) is 2. The molecule has 0 amide bonds. The third-order valence-corrected chi connectivity index (χ3v) is 5.55. The topological polar surface area (TPSA) is 44.5 Å². The quantitative estimate of drug-likeness (QED) is 0.906. The second-order valence-corrected chi connectivity index (χ2v) is 7.42. The summed E-state index contributed by atoms with van der Waals surface area (Å²) >= 11 is 3.60. The fraction of sp³-hybridized carbons (Fsp3) is 0.647. The summed E-state index contributed by atoms with van der Waals surface area (Å²) in [6.45, 7) is 7.32. The maximum Gasteiger partial charge on any atom is 0.125 e. The highest BCUT2D eigenvalue weighted by Gasteiger charge is 2.40. The Bertz CT molecular complexity index is 534. The van der Waals surface area contributed by atoms with Crippen molar-refractivity contribution in [2.24, 2.45) is 17.6 Å². The van der Waals surface area contributed by atoms with Crippen LogP contribution < -0.4 is 10.5 Å². The molecule has 0 aromatic heterocycles. The predicted octanol–water partition coefficient (Wildman–Crippen LogP) is 3.31. The van der Waals surface area contributed by atoms with Gasteiger partial charge in [-0.25, -0.2) is 0 Å². The molecule has 3 nitrogen and oxygen atoms in total. The normalized spacial score (nSPS) is 32.8. The number of fused-ring (bicyclic) bond motifs is 1. The van der Waals surface area contributed by atoms with Gasteiger partial charge in [0, 0.05) is 22.9 Å². The molecular formula is C17H24BrNO2. The van der Waals surface area contributed by atoms with Gasteiger partial charge in [-0.3, -0.25) is 0 Å². The Labute approximate surface area is 135 Å². The van der Waals surface area contributed by atoms with E-state index < -0.39 is 0 Å². The second kappa shape index (κ2) is 5.90. The van der Waals surface area contributed by atoms with E-state index in [0.29, 0.717) is 17.9 Å². The Morgan fingerprint density at radius 2 is 2.05 bits per heavy atom. The molecule has 4 heteroatoms. The minimum Gasteiger partial charge on any atom is -0.493 e. The standard InChI is InChI=1S/C17H24BrNO2/c1-9-10(2)21-11(3)16(9)15(19)8-13-7-14(18)6-12-4-5-20-17(12)13/h6-7,9-11,15-16H,4-5,8,19H2,1-3H3. The number of hydrogen-bond donors (Lipinski definition) is 1. The molecule has 5 atom stereocenters. The van der Waals surface area contributed by atoms with E-state index in [-0.39, 0.29) is 12.1 Å². The number of halogens is 1. The van der Waals surface area contributed by atoms with Gasteiger partial charge in [0.05, 0.1) is 18.8 Å². The fourth-order valence-corrected chi connectivity index (χ4v) is 4.47. The van der Waals surface area contributed by atoms with Crippen molar-refractivity contribution in [1.82, 2.24) is 0 Å². The van der Waals surface area contributed by atoms with Crippen molar-refractivity contribution in [2.45, 2.75) is 51.9 Å². The van der Waals surface area contributed by atoms with Gasteiger partial charge in [-0.1, -0.05) is 22.9 Å². The Morgan fingerprint density at radius 3 is 2.71 bits per heavy atom. The van der Waals surface area contributed by atoms with Crippen molar-refractivity contribution >= 4 is 15.9 Å². The van der Waals surface area contributed by atoms with Crippen molar-refractivity contribution in [3.8, 4) is 5.75 Å². The third kappa shape index (κ3) is 2.86. The third-order valence-electron chi connectivity index (χ3n) is 5.09. The SMILES string of the molecule is CC1OC(C)C(C(N)Cc2cc(Br)cc3c2OCC3)C1C. The summed E-state index contributed by atoms with van der Waals surface area (Å²) in [6.07, 6.45) is 2.36. The van der Waals surface area contributed by atoms with Gasteiger partial charge < -0.3 is 15.2 Å². The van der Waals surface area contributed by atoms with Crippen LogP contribution in [0, 0.1) is 11.8 Å². The molecule has 1 aromatic rings. The van der Waals surface area contributed by atoms with E-state index in [4.69, 9.17) is 15.2 Å². The molecule has 2 aliphatic heterocycles. The van der Waals surface area contributed by atoms with Gasteiger partial charge in [0.25, 0.3) is 0 Å². The van der Waals surface area contributed by atoms with E-state index in [1.54, 1.807) is 0 Å². The molecular weight excluding hydrogens is 330 g/mol. The molecule has 2 N–H and O–H groups in total. The summed E-state index contributed by atoms with van der Waals surface area (Å²) in [5, 5.41) is 0. The highest BCUT2D eigenvalue weighted by Crippen LogP contribution is 2.38. The lowest BCUT2D eigenvalue weighted by molar-refractivity contribution is 0.0490. The van der Waals surface area contributed by atoms with Crippen LogP contribution in [0.3, 0.4) is 0 Å². The van der Waals surface area contributed by atoms with Crippen LogP contribution in [0.4, 0.5) is 0 Å². The molecule has 3 rings (SSSR count). The molecule has 0 bridgehead atoms. The number of benzene rings is 1. The van der Waals surface area contributed by atoms with Gasteiger partial charge in [0.15, 0.2) is 0 Å². The van der Waals surface area contributed by atoms with Crippen molar-refractivity contribution in [2.75, 3.05) is 6.61 Å². The molecule has 0 spiro atoms. The van der Waals surface area contributed by atoms with Gasteiger partial charge in [-0.15, -0.1) is 0 Å². The maximum absolute atomic E-state index is 6.55. The highest BCUT2D eigenvalue weighted by molar-refractivity contribution is 9.10. The Balaban J connectivity index is 1.81. The lowest BCUT2D eigenvalue weighted by atomic mass is 9.81. The number of rotatable bonds is 3. The van der Waals surface area contributed by atoms with Crippen LogP contribution in [0.25, 0.3) is 0 Å². The molecule has 2 heterocycles. The minimum atomic E-state index is 0.0996. The maximum atomic E-state index is 6.55. The van der Waals surface area contributed by atoms with Gasteiger partial charge in [-0.2, -0.15) is 0 Å². The van der Waals surface area contributed by atoms with Gasteiger partial charge in [0.2, 0.25) is 0 Å². The summed E-state index contributed by atoms with van der Waals surface area (Å²) in [7, 11) is 0. The molecule has 1 aromatic carbocycles. The second-order valence-electron chi connectivity index (χ2n) is 6.50. The van der Waals surface area contributed by atoms with Crippen LogP contribution in [-0.4, -0.2) is 24.9 Å². The average Bonchev–Trinajstić information content (AvgIpc) is 2.95. The van der Waals surface area contributed by atoms with Gasteiger partial charge >= 0.3 is 0 Å². The summed E-state index contributed by atoms with van der Waals surface area (Å²) in [4.78, 5) is 0. The molecule has 0 radical (unpaired) electrons. The van der Waals surface area contributed by atoms with E-state index in [9.17, 15) is 0 Å². The summed E-state index contributed by atoms with van der Waals surface area (Å²) in [6, 6.07) is 4.41. The van der Waals surface area contributed by atoms with E-state index in [0.717, 1.165) is 29.7 Å². The minimum absolute atomic E-state index is 0.0996. The van der Waals surface area contributed by atoms with Crippen molar-refractivity contribution < 1.29 is 9.47 Å². The zero-order chi connectivity index (χ0) is 15.1. The van der Waals surface area contributed by atoms with Crippen molar-refractivity contribution in [3.63, 3.8) is 0 Å². The van der Waals surface area contributed by atoms with E-state index in [1.807, 2.05) is 0 Å². The molecule has 5 unspecified atom stereocenters. The van der Waals surface area contributed by atoms with Crippen LogP contribution in [0.15, 0.2) is 16.6 Å². The first-order valence-corrected chi connectivity index (χ1v) is 8.61. The molecule has 0 saturated carbocycles. The molecule has 0 aliphatic carbocycles. The van der Waals surface area contributed by atoms with Gasteiger partial charge in [-0.05, 0) is 49.4 Å². The monoisotopic (exact) mass is 353 g/mol. The summed E-state index contributed by atoms with van der Waals surface area (Å²) < 4.78 is 12.9. The van der Waals surface area contributed by atoms with Crippen molar-refractivity contribution in [3.05, 3.63) is 27.7 Å².